The van der Waals surface area contributed by atoms with Gasteiger partial charge < -0.3 is 4.90 Å². The highest BCUT2D eigenvalue weighted by molar-refractivity contribution is 6.31. The summed E-state index contributed by atoms with van der Waals surface area (Å²) in [7, 11) is 0. The van der Waals surface area contributed by atoms with E-state index in [2.05, 4.69) is 4.98 Å². The number of aromatic nitrogens is 1. The van der Waals surface area contributed by atoms with Crippen LogP contribution in [-0.4, -0.2) is 22.8 Å². The van der Waals surface area contributed by atoms with Gasteiger partial charge in [0.15, 0.2) is 0 Å². The molecule has 0 saturated carbocycles. The second kappa shape index (κ2) is 6.01. The second-order valence-corrected chi connectivity index (χ2v) is 6.02. The SMILES string of the molecule is CC(C)N1C(=O)CC(=O)N(c2ccccn2)c2cc(Cl)ccc21. The van der Waals surface area contributed by atoms with Gasteiger partial charge in [-0.3, -0.25) is 14.5 Å². The van der Waals surface area contributed by atoms with Gasteiger partial charge in [0.2, 0.25) is 11.8 Å². The van der Waals surface area contributed by atoms with E-state index in [0.29, 0.717) is 22.2 Å². The summed E-state index contributed by atoms with van der Waals surface area (Å²) >= 11 is 6.13. The van der Waals surface area contributed by atoms with E-state index in [9.17, 15) is 9.59 Å². The molecule has 0 unspecified atom stereocenters. The van der Waals surface area contributed by atoms with Crippen molar-refractivity contribution in [2.75, 3.05) is 9.80 Å². The van der Waals surface area contributed by atoms with Gasteiger partial charge in [-0.2, -0.15) is 0 Å². The third-order valence-electron chi connectivity index (χ3n) is 3.65. The fraction of sp³-hybridized carbons (Fsp3) is 0.235. The quantitative estimate of drug-likeness (QED) is 0.792. The largest absolute Gasteiger partial charge is 0.307 e. The summed E-state index contributed by atoms with van der Waals surface area (Å²) in [4.78, 5) is 32.5. The summed E-state index contributed by atoms with van der Waals surface area (Å²) in [6.45, 7) is 3.83. The lowest BCUT2D eigenvalue weighted by Gasteiger charge is -2.28. The molecular weight excluding hydrogens is 314 g/mol. The molecule has 3 rings (SSSR count). The minimum absolute atomic E-state index is 0.0705. The number of pyridine rings is 1. The van der Waals surface area contributed by atoms with Gasteiger partial charge in [-0.25, -0.2) is 4.98 Å². The molecule has 1 aliphatic rings. The average Bonchev–Trinajstić information content (AvgIpc) is 2.60. The fourth-order valence-corrected chi connectivity index (χ4v) is 2.91. The Hall–Kier alpha value is -2.40. The van der Waals surface area contributed by atoms with E-state index in [0.717, 1.165) is 0 Å². The summed E-state index contributed by atoms with van der Waals surface area (Å²) in [6, 6.07) is 10.4. The molecule has 0 saturated heterocycles. The zero-order valence-corrected chi connectivity index (χ0v) is 13.6. The molecule has 118 valence electrons. The maximum atomic E-state index is 12.7. The molecule has 0 bridgehead atoms. The highest BCUT2D eigenvalue weighted by atomic mass is 35.5. The first-order valence-electron chi connectivity index (χ1n) is 7.34. The molecular formula is C17H16ClN3O2. The van der Waals surface area contributed by atoms with E-state index in [1.54, 1.807) is 47.5 Å². The van der Waals surface area contributed by atoms with E-state index in [-0.39, 0.29) is 24.3 Å². The van der Waals surface area contributed by atoms with Crippen molar-refractivity contribution in [3.8, 4) is 0 Å². The molecule has 1 aliphatic heterocycles. The second-order valence-electron chi connectivity index (χ2n) is 5.58. The van der Waals surface area contributed by atoms with Gasteiger partial charge in [0.25, 0.3) is 0 Å². The topological polar surface area (TPSA) is 53.5 Å². The number of benzene rings is 1. The normalized spacial score (nSPS) is 15.0. The Kier molecular flexibility index (Phi) is 4.05. The molecule has 1 aromatic heterocycles. The van der Waals surface area contributed by atoms with Crippen LogP contribution in [0.25, 0.3) is 0 Å². The van der Waals surface area contributed by atoms with Gasteiger partial charge in [0.05, 0.1) is 11.4 Å². The van der Waals surface area contributed by atoms with Crippen LogP contribution < -0.4 is 9.80 Å². The highest BCUT2D eigenvalue weighted by Gasteiger charge is 2.34. The minimum atomic E-state index is -0.319. The molecule has 2 aromatic rings. The van der Waals surface area contributed by atoms with Gasteiger partial charge >= 0.3 is 0 Å². The van der Waals surface area contributed by atoms with Crippen molar-refractivity contribution in [2.45, 2.75) is 26.3 Å². The molecule has 2 amide bonds. The number of hydrogen-bond donors (Lipinski definition) is 0. The fourth-order valence-electron chi connectivity index (χ4n) is 2.75. The Balaban J connectivity index is 2.25. The Labute approximate surface area is 139 Å². The van der Waals surface area contributed by atoms with E-state index in [1.807, 2.05) is 13.8 Å². The predicted octanol–water partition coefficient (Wildman–Crippen LogP) is 3.54. The van der Waals surface area contributed by atoms with Crippen LogP contribution in [0.4, 0.5) is 17.2 Å². The summed E-state index contributed by atoms with van der Waals surface area (Å²) in [5.74, 6) is -0.0770. The number of carbonyl (C=O) groups excluding carboxylic acids is 2. The first-order chi connectivity index (χ1) is 11.0. The summed E-state index contributed by atoms with van der Waals surface area (Å²) in [5, 5.41) is 0.496. The van der Waals surface area contributed by atoms with Crippen LogP contribution in [-0.2, 0) is 9.59 Å². The van der Waals surface area contributed by atoms with E-state index < -0.39 is 0 Å². The number of carbonyl (C=O) groups is 2. The number of nitrogens with zero attached hydrogens (tertiary/aromatic N) is 3. The first-order valence-corrected chi connectivity index (χ1v) is 7.72. The number of fused-ring (bicyclic) bond motifs is 1. The van der Waals surface area contributed by atoms with Crippen molar-refractivity contribution < 1.29 is 9.59 Å². The number of amides is 2. The Morgan fingerprint density at radius 1 is 1.09 bits per heavy atom. The Morgan fingerprint density at radius 3 is 2.52 bits per heavy atom. The van der Waals surface area contributed by atoms with Crippen molar-refractivity contribution in [2.24, 2.45) is 0 Å². The van der Waals surface area contributed by atoms with Crippen LogP contribution in [0.5, 0.6) is 0 Å². The first kappa shape index (κ1) is 15.5. The Bertz CT molecular complexity index is 762. The minimum Gasteiger partial charge on any atom is -0.307 e. The molecule has 2 heterocycles. The lowest BCUT2D eigenvalue weighted by molar-refractivity contribution is -0.126. The smallest absolute Gasteiger partial charge is 0.242 e. The van der Waals surface area contributed by atoms with Crippen LogP contribution in [0.3, 0.4) is 0 Å². The van der Waals surface area contributed by atoms with Crippen molar-refractivity contribution in [3.63, 3.8) is 0 Å². The van der Waals surface area contributed by atoms with Crippen LogP contribution >= 0.6 is 11.6 Å². The molecule has 6 heteroatoms. The maximum Gasteiger partial charge on any atom is 0.242 e. The number of hydrogen-bond acceptors (Lipinski definition) is 3. The van der Waals surface area contributed by atoms with Gasteiger partial charge in [-0.05, 0) is 44.2 Å². The zero-order chi connectivity index (χ0) is 16.6. The molecule has 1 aromatic carbocycles. The van der Waals surface area contributed by atoms with Crippen molar-refractivity contribution in [1.82, 2.24) is 4.98 Å². The molecule has 0 atom stereocenters. The molecule has 23 heavy (non-hydrogen) atoms. The lowest BCUT2D eigenvalue weighted by atomic mass is 10.2. The molecule has 0 N–H and O–H groups in total. The van der Waals surface area contributed by atoms with E-state index >= 15 is 0 Å². The van der Waals surface area contributed by atoms with Crippen LogP contribution in [0.1, 0.15) is 20.3 Å². The van der Waals surface area contributed by atoms with Gasteiger partial charge in [0.1, 0.15) is 12.2 Å². The summed E-state index contributed by atoms with van der Waals surface area (Å²) in [6.07, 6.45) is 1.40. The average molecular weight is 330 g/mol. The number of rotatable bonds is 2. The molecule has 0 spiro atoms. The van der Waals surface area contributed by atoms with Crippen molar-refractivity contribution in [3.05, 3.63) is 47.6 Å². The maximum absolute atomic E-state index is 12.7. The summed E-state index contributed by atoms with van der Waals surface area (Å²) in [5.41, 5.74) is 1.23. The summed E-state index contributed by atoms with van der Waals surface area (Å²) < 4.78 is 0. The third-order valence-corrected chi connectivity index (χ3v) is 3.89. The molecule has 0 radical (unpaired) electrons. The predicted molar refractivity (Wildman–Crippen MR) is 90.1 cm³/mol. The molecule has 0 aliphatic carbocycles. The van der Waals surface area contributed by atoms with Gasteiger partial charge in [0, 0.05) is 17.3 Å². The van der Waals surface area contributed by atoms with Crippen molar-refractivity contribution in [1.29, 1.82) is 0 Å². The number of anilines is 3. The van der Waals surface area contributed by atoms with E-state index in [4.69, 9.17) is 11.6 Å². The lowest BCUT2D eigenvalue weighted by Crippen LogP contribution is -2.37. The standard InChI is InChI=1S/C17H16ClN3O2/c1-11(2)20-13-7-6-12(18)9-14(13)21(17(23)10-16(20)22)15-5-3-4-8-19-15/h3-9,11H,10H2,1-2H3. The zero-order valence-electron chi connectivity index (χ0n) is 12.9. The molecule has 5 nitrogen and oxygen atoms in total. The van der Waals surface area contributed by atoms with Gasteiger partial charge in [-0.15, -0.1) is 0 Å². The molecule has 0 fully saturated rings. The van der Waals surface area contributed by atoms with Crippen LogP contribution in [0.2, 0.25) is 5.02 Å². The van der Waals surface area contributed by atoms with Crippen molar-refractivity contribution >= 4 is 40.6 Å². The number of halogens is 1. The monoisotopic (exact) mass is 329 g/mol. The van der Waals surface area contributed by atoms with E-state index in [1.165, 1.54) is 4.90 Å². The Morgan fingerprint density at radius 2 is 1.87 bits per heavy atom. The third kappa shape index (κ3) is 2.80. The van der Waals surface area contributed by atoms with Crippen LogP contribution in [0.15, 0.2) is 42.6 Å². The van der Waals surface area contributed by atoms with Gasteiger partial charge in [-0.1, -0.05) is 17.7 Å². The highest BCUT2D eigenvalue weighted by Crippen LogP contribution is 2.39. The van der Waals surface area contributed by atoms with Crippen LogP contribution in [0, 0.1) is 0 Å².